The van der Waals surface area contributed by atoms with Crippen LogP contribution in [0.25, 0.3) is 0 Å². The highest BCUT2D eigenvalue weighted by Crippen LogP contribution is 2.16. The minimum Gasteiger partial charge on any atom is -0.409 e. The number of anilines is 1. The molecule has 0 bridgehead atoms. The van der Waals surface area contributed by atoms with E-state index in [4.69, 9.17) is 15.7 Å². The molecule has 0 saturated carbocycles. The van der Waals surface area contributed by atoms with Crippen molar-refractivity contribution in [1.82, 2.24) is 4.98 Å². The van der Waals surface area contributed by atoms with Crippen LogP contribution in [0, 0.1) is 5.92 Å². The Bertz CT molecular complexity index is 421. The third-order valence-electron chi connectivity index (χ3n) is 2.63. The van der Waals surface area contributed by atoms with Crippen LogP contribution >= 0.6 is 0 Å². The molecular weight excluding hydrogens is 244 g/mol. The van der Waals surface area contributed by atoms with Crippen molar-refractivity contribution >= 4 is 11.5 Å². The van der Waals surface area contributed by atoms with Gasteiger partial charge in [0.15, 0.2) is 5.84 Å². The summed E-state index contributed by atoms with van der Waals surface area (Å²) < 4.78 is 5.13. The summed E-state index contributed by atoms with van der Waals surface area (Å²) in [6.07, 6.45) is 1.66. The molecule has 19 heavy (non-hydrogen) atoms. The second kappa shape index (κ2) is 7.58. The lowest BCUT2D eigenvalue weighted by atomic mass is 10.2. The molecule has 0 aliphatic rings. The van der Waals surface area contributed by atoms with Gasteiger partial charge in [0.1, 0.15) is 5.69 Å². The van der Waals surface area contributed by atoms with Gasteiger partial charge in [0.05, 0.1) is 6.61 Å². The number of rotatable bonds is 7. The van der Waals surface area contributed by atoms with Crippen LogP contribution in [-0.4, -0.2) is 42.8 Å². The predicted molar refractivity (Wildman–Crippen MR) is 75.7 cm³/mol. The van der Waals surface area contributed by atoms with E-state index >= 15 is 0 Å². The first-order chi connectivity index (χ1) is 9.08. The maximum Gasteiger partial charge on any atom is 0.188 e. The van der Waals surface area contributed by atoms with Crippen LogP contribution in [0.4, 0.5) is 5.69 Å². The van der Waals surface area contributed by atoms with E-state index in [-0.39, 0.29) is 5.84 Å². The molecule has 0 atom stereocenters. The van der Waals surface area contributed by atoms with Crippen LogP contribution in [0.15, 0.2) is 23.5 Å². The lowest BCUT2D eigenvalue weighted by Crippen LogP contribution is -2.31. The second-order valence-corrected chi connectivity index (χ2v) is 4.72. The van der Waals surface area contributed by atoms with E-state index in [2.05, 4.69) is 28.9 Å². The van der Waals surface area contributed by atoms with Gasteiger partial charge in [-0.25, -0.2) is 0 Å². The van der Waals surface area contributed by atoms with Crippen molar-refractivity contribution in [2.24, 2.45) is 16.8 Å². The molecule has 0 radical (unpaired) electrons. The van der Waals surface area contributed by atoms with Gasteiger partial charge in [0, 0.05) is 32.1 Å². The maximum atomic E-state index is 8.69. The molecule has 0 aliphatic heterocycles. The lowest BCUT2D eigenvalue weighted by Gasteiger charge is -2.26. The van der Waals surface area contributed by atoms with Gasteiger partial charge in [-0.1, -0.05) is 19.0 Å². The Morgan fingerprint density at radius 3 is 2.89 bits per heavy atom. The quantitative estimate of drug-likeness (QED) is 0.336. The number of hydrogen-bond donors (Lipinski definition) is 2. The Kier molecular flexibility index (Phi) is 6.08. The zero-order valence-electron chi connectivity index (χ0n) is 11.7. The summed E-state index contributed by atoms with van der Waals surface area (Å²) in [7, 11) is 1.68. The molecule has 106 valence electrons. The Labute approximate surface area is 113 Å². The molecule has 1 aromatic rings. The molecule has 1 aromatic heterocycles. The standard InChI is InChI=1S/C13H22N4O2/c1-10(2)9-17(6-7-19-3)11-4-5-15-12(8-11)13(14)16-18/h4-5,8,10,18H,6-7,9H2,1-3H3,(H2,14,16). The summed E-state index contributed by atoms with van der Waals surface area (Å²) >= 11 is 0. The van der Waals surface area contributed by atoms with Crippen molar-refractivity contribution in [3.8, 4) is 0 Å². The van der Waals surface area contributed by atoms with Crippen molar-refractivity contribution in [2.45, 2.75) is 13.8 Å². The molecule has 3 N–H and O–H groups in total. The average molecular weight is 266 g/mol. The number of amidine groups is 1. The number of ether oxygens (including phenoxy) is 1. The first-order valence-electron chi connectivity index (χ1n) is 6.26. The monoisotopic (exact) mass is 266 g/mol. The summed E-state index contributed by atoms with van der Waals surface area (Å²) in [5.41, 5.74) is 7.01. The molecule has 0 unspecified atom stereocenters. The predicted octanol–water partition coefficient (Wildman–Crippen LogP) is 1.28. The first-order valence-corrected chi connectivity index (χ1v) is 6.26. The number of aromatic nitrogens is 1. The minimum absolute atomic E-state index is 0.0121. The first kappa shape index (κ1) is 15.2. The Balaban J connectivity index is 2.94. The van der Waals surface area contributed by atoms with Crippen molar-refractivity contribution in [3.05, 3.63) is 24.0 Å². The fourth-order valence-electron chi connectivity index (χ4n) is 1.78. The van der Waals surface area contributed by atoms with E-state index in [0.29, 0.717) is 18.2 Å². The van der Waals surface area contributed by atoms with Crippen LogP contribution in [0.5, 0.6) is 0 Å². The third-order valence-corrected chi connectivity index (χ3v) is 2.63. The molecule has 0 aliphatic carbocycles. The zero-order valence-corrected chi connectivity index (χ0v) is 11.7. The van der Waals surface area contributed by atoms with Crippen LogP contribution in [0.1, 0.15) is 19.5 Å². The van der Waals surface area contributed by atoms with Gasteiger partial charge in [-0.2, -0.15) is 0 Å². The van der Waals surface area contributed by atoms with Crippen LogP contribution in [0.2, 0.25) is 0 Å². The number of nitrogens with two attached hydrogens (primary N) is 1. The fourth-order valence-corrected chi connectivity index (χ4v) is 1.78. The smallest absolute Gasteiger partial charge is 0.188 e. The summed E-state index contributed by atoms with van der Waals surface area (Å²) in [4.78, 5) is 6.28. The number of nitrogens with zero attached hydrogens (tertiary/aromatic N) is 3. The van der Waals surface area contributed by atoms with Crippen molar-refractivity contribution in [2.75, 3.05) is 31.7 Å². The molecule has 0 amide bonds. The summed E-state index contributed by atoms with van der Waals surface area (Å²) in [6, 6.07) is 3.72. The highest BCUT2D eigenvalue weighted by atomic mass is 16.5. The highest BCUT2D eigenvalue weighted by Gasteiger charge is 2.10. The molecule has 6 nitrogen and oxygen atoms in total. The maximum absolute atomic E-state index is 8.69. The number of methoxy groups -OCH3 is 1. The number of pyridine rings is 1. The van der Waals surface area contributed by atoms with Crippen LogP contribution < -0.4 is 10.6 Å². The summed E-state index contributed by atoms with van der Waals surface area (Å²) in [6.45, 7) is 6.65. The average Bonchev–Trinajstić information content (AvgIpc) is 2.42. The highest BCUT2D eigenvalue weighted by molar-refractivity contribution is 5.95. The van der Waals surface area contributed by atoms with E-state index in [0.717, 1.165) is 18.8 Å². The summed E-state index contributed by atoms with van der Waals surface area (Å²) in [5.74, 6) is 0.537. The molecule has 6 heteroatoms. The lowest BCUT2D eigenvalue weighted by molar-refractivity contribution is 0.204. The van der Waals surface area contributed by atoms with Gasteiger partial charge >= 0.3 is 0 Å². The van der Waals surface area contributed by atoms with E-state index in [1.807, 2.05) is 12.1 Å². The largest absolute Gasteiger partial charge is 0.409 e. The van der Waals surface area contributed by atoms with Crippen LogP contribution in [0.3, 0.4) is 0 Å². The van der Waals surface area contributed by atoms with Crippen molar-refractivity contribution in [3.63, 3.8) is 0 Å². The molecule has 1 rings (SSSR count). The number of oxime groups is 1. The van der Waals surface area contributed by atoms with Gasteiger partial charge in [-0.15, -0.1) is 0 Å². The van der Waals surface area contributed by atoms with E-state index in [1.54, 1.807) is 13.3 Å². The molecular formula is C13H22N4O2. The third kappa shape index (κ3) is 4.75. The Morgan fingerprint density at radius 2 is 2.32 bits per heavy atom. The molecule has 1 heterocycles. The van der Waals surface area contributed by atoms with E-state index < -0.39 is 0 Å². The summed E-state index contributed by atoms with van der Waals surface area (Å²) in [5, 5.41) is 11.7. The van der Waals surface area contributed by atoms with Crippen LogP contribution in [-0.2, 0) is 4.74 Å². The Morgan fingerprint density at radius 1 is 1.58 bits per heavy atom. The Hall–Kier alpha value is -1.82. The fraction of sp³-hybridized carbons (Fsp3) is 0.538. The van der Waals surface area contributed by atoms with E-state index in [1.165, 1.54) is 0 Å². The van der Waals surface area contributed by atoms with Crippen molar-refractivity contribution in [1.29, 1.82) is 0 Å². The van der Waals surface area contributed by atoms with Gasteiger partial charge in [0.25, 0.3) is 0 Å². The number of hydrogen-bond acceptors (Lipinski definition) is 5. The normalized spacial score (nSPS) is 11.9. The van der Waals surface area contributed by atoms with Gasteiger partial charge in [0.2, 0.25) is 0 Å². The van der Waals surface area contributed by atoms with Gasteiger partial charge < -0.3 is 20.6 Å². The van der Waals surface area contributed by atoms with Gasteiger partial charge in [-0.05, 0) is 18.1 Å². The SMILES string of the molecule is COCCN(CC(C)C)c1ccnc(C(N)=NO)c1. The topological polar surface area (TPSA) is 84.0 Å². The van der Waals surface area contributed by atoms with Gasteiger partial charge in [-0.3, -0.25) is 4.98 Å². The van der Waals surface area contributed by atoms with E-state index in [9.17, 15) is 0 Å². The van der Waals surface area contributed by atoms with Crippen molar-refractivity contribution < 1.29 is 9.94 Å². The zero-order chi connectivity index (χ0) is 14.3. The second-order valence-electron chi connectivity index (χ2n) is 4.72. The molecule has 0 fully saturated rings. The molecule has 0 saturated heterocycles. The molecule has 0 aromatic carbocycles. The molecule has 0 spiro atoms. The minimum atomic E-state index is 0.0121.